The first kappa shape index (κ1) is 26.4. The Kier molecular flexibility index (Phi) is 14.1. The Balaban J connectivity index is 0.000000277. The third kappa shape index (κ3) is 10.9. The van der Waals surface area contributed by atoms with E-state index in [1.807, 2.05) is 13.8 Å². The van der Waals surface area contributed by atoms with Crippen molar-refractivity contribution in [3.8, 4) is 0 Å². The van der Waals surface area contributed by atoms with Crippen LogP contribution in [0.4, 0.5) is 0 Å². The molecule has 1 heterocycles. The molecule has 0 aromatic heterocycles. The molecule has 1 aliphatic heterocycles. The van der Waals surface area contributed by atoms with Gasteiger partial charge in [0.1, 0.15) is 0 Å². The largest absolute Gasteiger partial charge is 0.379 e. The molecule has 0 spiro atoms. The zero-order valence-corrected chi connectivity index (χ0v) is 20.3. The van der Waals surface area contributed by atoms with Crippen LogP contribution in [0.25, 0.3) is 0 Å². The lowest BCUT2D eigenvalue weighted by atomic mass is 10.1. The van der Waals surface area contributed by atoms with Crippen LogP contribution in [0.15, 0.2) is 48.5 Å². The summed E-state index contributed by atoms with van der Waals surface area (Å²) in [5, 5.41) is 0. The van der Waals surface area contributed by atoms with E-state index in [4.69, 9.17) is 4.74 Å². The summed E-state index contributed by atoms with van der Waals surface area (Å²) in [5.74, 6) is 0. The van der Waals surface area contributed by atoms with Gasteiger partial charge in [0.2, 0.25) is 0 Å². The lowest BCUT2D eigenvalue weighted by Gasteiger charge is -2.26. The summed E-state index contributed by atoms with van der Waals surface area (Å²) in [7, 11) is 0. The molecule has 1 aliphatic rings. The Morgan fingerprint density at radius 1 is 0.800 bits per heavy atom. The van der Waals surface area contributed by atoms with E-state index in [2.05, 4.69) is 86.0 Å². The van der Waals surface area contributed by atoms with Gasteiger partial charge in [0.05, 0.1) is 13.2 Å². The molecule has 0 amide bonds. The molecular weight excluding hydrogens is 368 g/mol. The highest BCUT2D eigenvalue weighted by atomic mass is 16.5. The predicted molar refractivity (Wildman–Crippen MR) is 131 cm³/mol. The number of aryl methyl sites for hydroxylation is 2. The lowest BCUT2D eigenvalue weighted by Crippen LogP contribution is -2.35. The maximum absolute atomic E-state index is 5.31. The zero-order valence-electron chi connectivity index (χ0n) is 20.3. The van der Waals surface area contributed by atoms with Gasteiger partial charge in [0.25, 0.3) is 0 Å². The molecule has 0 unspecified atom stereocenters. The molecule has 1 saturated heterocycles. The second-order valence-electron chi connectivity index (χ2n) is 7.73. The van der Waals surface area contributed by atoms with Crippen molar-refractivity contribution in [2.24, 2.45) is 0 Å². The van der Waals surface area contributed by atoms with Crippen LogP contribution in [0, 0.1) is 13.8 Å². The van der Waals surface area contributed by atoms with Crippen LogP contribution in [-0.4, -0.2) is 49.2 Å². The first-order valence-corrected chi connectivity index (χ1v) is 11.7. The van der Waals surface area contributed by atoms with Crippen LogP contribution in [0.2, 0.25) is 0 Å². The highest BCUT2D eigenvalue weighted by Crippen LogP contribution is 2.08. The fourth-order valence-electron chi connectivity index (χ4n) is 3.33. The van der Waals surface area contributed by atoms with Crippen molar-refractivity contribution in [2.75, 3.05) is 39.4 Å². The van der Waals surface area contributed by atoms with Gasteiger partial charge < -0.3 is 4.74 Å². The minimum Gasteiger partial charge on any atom is -0.379 e. The third-order valence-electron chi connectivity index (χ3n) is 5.14. The second-order valence-corrected chi connectivity index (χ2v) is 7.73. The van der Waals surface area contributed by atoms with E-state index >= 15 is 0 Å². The number of rotatable bonds is 7. The minimum absolute atomic E-state index is 0.881. The highest BCUT2D eigenvalue weighted by molar-refractivity contribution is 5.21. The second kappa shape index (κ2) is 16.1. The quantitative estimate of drug-likeness (QED) is 0.548. The molecule has 2 aromatic rings. The van der Waals surface area contributed by atoms with Gasteiger partial charge in [0.15, 0.2) is 0 Å². The van der Waals surface area contributed by atoms with Gasteiger partial charge in [-0.25, -0.2) is 0 Å². The molecule has 0 radical (unpaired) electrons. The molecule has 3 rings (SSSR count). The first-order valence-electron chi connectivity index (χ1n) is 11.7. The van der Waals surface area contributed by atoms with Gasteiger partial charge in [-0.15, -0.1) is 0 Å². The van der Waals surface area contributed by atoms with Crippen molar-refractivity contribution in [3.63, 3.8) is 0 Å². The first-order chi connectivity index (χ1) is 14.6. The van der Waals surface area contributed by atoms with E-state index in [1.165, 1.54) is 35.2 Å². The third-order valence-corrected chi connectivity index (χ3v) is 5.14. The summed E-state index contributed by atoms with van der Waals surface area (Å²) in [6, 6.07) is 17.6. The molecule has 30 heavy (non-hydrogen) atoms. The summed E-state index contributed by atoms with van der Waals surface area (Å²) in [6.07, 6.45) is 1.24. The summed E-state index contributed by atoms with van der Waals surface area (Å²) in [6.45, 7) is 21.1. The molecule has 2 aromatic carbocycles. The Morgan fingerprint density at radius 2 is 1.30 bits per heavy atom. The summed E-state index contributed by atoms with van der Waals surface area (Å²) in [4.78, 5) is 4.92. The van der Waals surface area contributed by atoms with Gasteiger partial charge >= 0.3 is 0 Å². The topological polar surface area (TPSA) is 15.7 Å². The van der Waals surface area contributed by atoms with E-state index in [0.29, 0.717) is 0 Å². The molecular formula is C27H44N2O. The van der Waals surface area contributed by atoms with E-state index in [0.717, 1.165) is 45.9 Å². The average Bonchev–Trinajstić information content (AvgIpc) is 2.79. The Labute approximate surface area is 186 Å². The summed E-state index contributed by atoms with van der Waals surface area (Å²) < 4.78 is 5.31. The number of hydrogen-bond acceptors (Lipinski definition) is 3. The molecule has 1 fully saturated rings. The van der Waals surface area contributed by atoms with Crippen LogP contribution in [0.5, 0.6) is 0 Å². The van der Waals surface area contributed by atoms with E-state index in [9.17, 15) is 0 Å². The minimum atomic E-state index is 0.881. The van der Waals surface area contributed by atoms with Gasteiger partial charge in [-0.05, 0) is 44.5 Å². The maximum atomic E-state index is 5.31. The normalized spacial score (nSPS) is 13.8. The molecule has 0 atom stereocenters. The number of hydrogen-bond donors (Lipinski definition) is 0. The van der Waals surface area contributed by atoms with E-state index < -0.39 is 0 Å². The molecule has 0 bridgehead atoms. The van der Waals surface area contributed by atoms with Crippen LogP contribution < -0.4 is 0 Å². The zero-order chi connectivity index (χ0) is 22.2. The van der Waals surface area contributed by atoms with Crippen LogP contribution in [0.3, 0.4) is 0 Å². The van der Waals surface area contributed by atoms with Crippen LogP contribution in [0.1, 0.15) is 56.4 Å². The smallest absolute Gasteiger partial charge is 0.0594 e. The highest BCUT2D eigenvalue weighted by Gasteiger charge is 2.10. The Hall–Kier alpha value is -1.68. The number of benzene rings is 2. The molecule has 168 valence electrons. The van der Waals surface area contributed by atoms with Crippen molar-refractivity contribution in [3.05, 3.63) is 70.8 Å². The predicted octanol–water partition coefficient (Wildman–Crippen LogP) is 6.08. The van der Waals surface area contributed by atoms with Crippen molar-refractivity contribution >= 4 is 0 Å². The molecule has 0 saturated carbocycles. The van der Waals surface area contributed by atoms with Crippen LogP contribution >= 0.6 is 0 Å². The van der Waals surface area contributed by atoms with Gasteiger partial charge in [-0.3, -0.25) is 9.80 Å². The van der Waals surface area contributed by atoms with Crippen molar-refractivity contribution in [2.45, 2.75) is 61.1 Å². The molecule has 3 heteroatoms. The van der Waals surface area contributed by atoms with E-state index in [-0.39, 0.29) is 0 Å². The molecule has 3 nitrogen and oxygen atoms in total. The standard InChI is InChI=1S/C13H21N.C12H17NO.C2H6/c1-4-10-14(5-2)11-13-8-6-12(3)7-9-13;1-11-2-4-12(5-3-11)10-13-6-8-14-9-7-13;1-2/h6-9H,4-5,10-11H2,1-3H3;2-5H,6-10H2,1H3;1-2H3. The summed E-state index contributed by atoms with van der Waals surface area (Å²) >= 11 is 0. The number of nitrogens with zero attached hydrogens (tertiary/aromatic N) is 2. The fourth-order valence-corrected chi connectivity index (χ4v) is 3.33. The van der Waals surface area contributed by atoms with Crippen LogP contribution in [-0.2, 0) is 17.8 Å². The van der Waals surface area contributed by atoms with Crippen molar-refractivity contribution in [1.82, 2.24) is 9.80 Å². The summed E-state index contributed by atoms with van der Waals surface area (Å²) in [5.41, 5.74) is 5.49. The Bertz CT molecular complexity index is 597. The lowest BCUT2D eigenvalue weighted by molar-refractivity contribution is 0.0342. The fraction of sp³-hybridized carbons (Fsp3) is 0.556. The van der Waals surface area contributed by atoms with Gasteiger partial charge in [-0.2, -0.15) is 0 Å². The number of morpholine rings is 1. The molecule has 0 N–H and O–H groups in total. The average molecular weight is 413 g/mol. The van der Waals surface area contributed by atoms with Gasteiger partial charge in [0, 0.05) is 26.2 Å². The monoisotopic (exact) mass is 412 g/mol. The van der Waals surface area contributed by atoms with Crippen molar-refractivity contribution < 1.29 is 4.74 Å². The van der Waals surface area contributed by atoms with Crippen molar-refractivity contribution in [1.29, 1.82) is 0 Å². The van der Waals surface area contributed by atoms with E-state index in [1.54, 1.807) is 0 Å². The Morgan fingerprint density at radius 3 is 1.77 bits per heavy atom. The molecule has 0 aliphatic carbocycles. The maximum Gasteiger partial charge on any atom is 0.0594 e. The SMILES string of the molecule is CC.CCCN(CC)Cc1ccc(C)cc1.Cc1ccc(CN2CCOCC2)cc1. The number of ether oxygens (including phenoxy) is 1. The van der Waals surface area contributed by atoms with Gasteiger partial charge in [-0.1, -0.05) is 87.4 Å².